The van der Waals surface area contributed by atoms with Gasteiger partial charge in [-0.25, -0.2) is 0 Å². The highest BCUT2D eigenvalue weighted by atomic mass is 32.2. The number of aliphatic carboxylic acids is 1. The summed E-state index contributed by atoms with van der Waals surface area (Å²) in [5.41, 5.74) is 1.47. The Morgan fingerprint density at radius 2 is 2.29 bits per heavy atom. The molecule has 1 aromatic carbocycles. The van der Waals surface area contributed by atoms with E-state index in [1.807, 2.05) is 18.2 Å². The van der Waals surface area contributed by atoms with Crippen molar-refractivity contribution in [2.75, 3.05) is 5.75 Å². The van der Waals surface area contributed by atoms with Crippen molar-refractivity contribution in [1.29, 1.82) is 5.26 Å². The molecule has 4 nitrogen and oxygen atoms in total. The van der Waals surface area contributed by atoms with E-state index in [0.29, 0.717) is 12.0 Å². The van der Waals surface area contributed by atoms with Gasteiger partial charge >= 0.3 is 5.97 Å². The molecule has 1 aromatic rings. The van der Waals surface area contributed by atoms with Crippen molar-refractivity contribution in [2.24, 2.45) is 0 Å². The van der Waals surface area contributed by atoms with Gasteiger partial charge in [-0.2, -0.15) is 5.26 Å². The fourth-order valence-corrected chi connectivity index (χ4v) is 3.07. The summed E-state index contributed by atoms with van der Waals surface area (Å²) in [6, 6.07) is 8.91. The molecule has 1 fully saturated rings. The van der Waals surface area contributed by atoms with Crippen LogP contribution in [0.4, 0.5) is 0 Å². The molecule has 0 aliphatic carbocycles. The molecule has 0 radical (unpaired) electrons. The first kappa shape index (κ1) is 12.0. The maximum absolute atomic E-state index is 10.9. The van der Waals surface area contributed by atoms with E-state index in [-0.39, 0.29) is 5.37 Å². The number of carboxylic acids is 1. The molecule has 1 aliphatic rings. The largest absolute Gasteiger partial charge is 0.480 e. The summed E-state index contributed by atoms with van der Waals surface area (Å²) in [6.45, 7) is 0. The molecular weight excluding hydrogens is 236 g/mol. The molecular formula is C12H12N2O2S. The predicted octanol–water partition coefficient (Wildman–Crippen LogP) is 1.74. The van der Waals surface area contributed by atoms with Gasteiger partial charge in [0.2, 0.25) is 0 Å². The number of nitrogens with one attached hydrogen (secondary N) is 1. The average Bonchev–Trinajstić information content (AvgIpc) is 2.39. The first-order chi connectivity index (χ1) is 8.22. The quantitative estimate of drug-likeness (QED) is 0.834. The Labute approximate surface area is 104 Å². The van der Waals surface area contributed by atoms with Crippen molar-refractivity contribution in [3.63, 3.8) is 0 Å². The van der Waals surface area contributed by atoms with Gasteiger partial charge in [0.1, 0.15) is 6.04 Å². The Hall–Kier alpha value is -1.51. The third-order valence-electron chi connectivity index (χ3n) is 2.71. The number of carbonyl (C=O) groups is 1. The lowest BCUT2D eigenvalue weighted by Gasteiger charge is -2.28. The third-order valence-corrected chi connectivity index (χ3v) is 3.90. The Morgan fingerprint density at radius 1 is 1.53 bits per heavy atom. The number of carboxylic acid groups (broad SMARTS) is 1. The van der Waals surface area contributed by atoms with Crippen molar-refractivity contribution >= 4 is 17.7 Å². The van der Waals surface area contributed by atoms with Gasteiger partial charge < -0.3 is 5.11 Å². The normalized spacial score (nSPS) is 23.9. The summed E-state index contributed by atoms with van der Waals surface area (Å²) >= 11 is 1.64. The van der Waals surface area contributed by atoms with Gasteiger partial charge in [-0.1, -0.05) is 18.2 Å². The van der Waals surface area contributed by atoms with E-state index < -0.39 is 12.0 Å². The summed E-state index contributed by atoms with van der Waals surface area (Å²) in [5, 5.41) is 21.0. The number of thioether (sulfide) groups is 1. The van der Waals surface area contributed by atoms with Gasteiger partial charge in [0.25, 0.3) is 0 Å². The van der Waals surface area contributed by atoms with E-state index in [2.05, 4.69) is 11.4 Å². The van der Waals surface area contributed by atoms with Crippen molar-refractivity contribution in [3.05, 3.63) is 35.4 Å². The molecule has 1 saturated heterocycles. The SMILES string of the molecule is N#Cc1ccccc1C1NC(C(=O)O)CCS1. The number of hydrogen-bond acceptors (Lipinski definition) is 4. The molecule has 2 atom stereocenters. The van der Waals surface area contributed by atoms with E-state index in [4.69, 9.17) is 10.4 Å². The highest BCUT2D eigenvalue weighted by Crippen LogP contribution is 2.33. The Bertz CT molecular complexity index is 470. The van der Waals surface area contributed by atoms with Crippen LogP contribution in [-0.2, 0) is 4.79 Å². The van der Waals surface area contributed by atoms with E-state index in [1.165, 1.54) is 0 Å². The van der Waals surface area contributed by atoms with Gasteiger partial charge in [0.15, 0.2) is 0 Å². The van der Waals surface area contributed by atoms with Crippen LogP contribution in [0.5, 0.6) is 0 Å². The summed E-state index contributed by atoms with van der Waals surface area (Å²) in [7, 11) is 0. The molecule has 0 bridgehead atoms. The van der Waals surface area contributed by atoms with Crippen LogP contribution in [-0.4, -0.2) is 22.9 Å². The van der Waals surface area contributed by atoms with Crippen LogP contribution in [0.25, 0.3) is 0 Å². The molecule has 0 aromatic heterocycles. The zero-order chi connectivity index (χ0) is 12.3. The second kappa shape index (κ2) is 5.21. The summed E-state index contributed by atoms with van der Waals surface area (Å²) in [6.07, 6.45) is 0.616. The van der Waals surface area contributed by atoms with E-state index in [9.17, 15) is 4.79 Å². The summed E-state index contributed by atoms with van der Waals surface area (Å²) < 4.78 is 0. The molecule has 0 spiro atoms. The number of rotatable bonds is 2. The Kier molecular flexibility index (Phi) is 3.67. The van der Waals surface area contributed by atoms with E-state index >= 15 is 0 Å². The van der Waals surface area contributed by atoms with Gasteiger partial charge in [-0.3, -0.25) is 10.1 Å². The maximum Gasteiger partial charge on any atom is 0.320 e. The second-order valence-corrected chi connectivity index (χ2v) is 5.01. The monoisotopic (exact) mass is 248 g/mol. The zero-order valence-corrected chi connectivity index (χ0v) is 9.91. The fourth-order valence-electron chi connectivity index (χ4n) is 1.82. The minimum Gasteiger partial charge on any atom is -0.480 e. The smallest absolute Gasteiger partial charge is 0.320 e. The van der Waals surface area contributed by atoms with Crippen molar-refractivity contribution in [1.82, 2.24) is 5.32 Å². The number of benzene rings is 1. The number of nitrogens with zero attached hydrogens (tertiary/aromatic N) is 1. The summed E-state index contributed by atoms with van der Waals surface area (Å²) in [5.74, 6) is -0.0428. The molecule has 88 valence electrons. The topological polar surface area (TPSA) is 73.1 Å². The lowest BCUT2D eigenvalue weighted by Crippen LogP contribution is -2.41. The van der Waals surface area contributed by atoms with Crippen molar-refractivity contribution in [2.45, 2.75) is 17.8 Å². The molecule has 1 heterocycles. The highest BCUT2D eigenvalue weighted by molar-refractivity contribution is 7.99. The van der Waals surface area contributed by atoms with Gasteiger partial charge in [-0.05, 0) is 23.8 Å². The van der Waals surface area contributed by atoms with Crippen molar-refractivity contribution in [3.8, 4) is 6.07 Å². The fraction of sp³-hybridized carbons (Fsp3) is 0.333. The molecule has 2 rings (SSSR count). The van der Waals surface area contributed by atoms with E-state index in [0.717, 1.165) is 11.3 Å². The number of hydrogen-bond donors (Lipinski definition) is 2. The van der Waals surface area contributed by atoms with Crippen LogP contribution in [0.15, 0.2) is 24.3 Å². The molecule has 5 heteroatoms. The average molecular weight is 248 g/mol. The first-order valence-corrected chi connectivity index (χ1v) is 6.36. The first-order valence-electron chi connectivity index (χ1n) is 5.32. The molecule has 0 saturated carbocycles. The summed E-state index contributed by atoms with van der Waals surface area (Å²) in [4.78, 5) is 10.9. The molecule has 2 N–H and O–H groups in total. The molecule has 17 heavy (non-hydrogen) atoms. The maximum atomic E-state index is 10.9. The van der Waals surface area contributed by atoms with Crippen LogP contribution in [0.1, 0.15) is 22.9 Å². The van der Waals surface area contributed by atoms with Crippen LogP contribution in [0.2, 0.25) is 0 Å². The Morgan fingerprint density at radius 3 is 3.00 bits per heavy atom. The third kappa shape index (κ3) is 2.60. The van der Waals surface area contributed by atoms with Crippen LogP contribution in [0, 0.1) is 11.3 Å². The van der Waals surface area contributed by atoms with Crippen LogP contribution in [0.3, 0.4) is 0 Å². The lowest BCUT2D eigenvalue weighted by molar-refractivity contribution is -0.139. The zero-order valence-electron chi connectivity index (χ0n) is 9.09. The highest BCUT2D eigenvalue weighted by Gasteiger charge is 2.28. The van der Waals surface area contributed by atoms with E-state index in [1.54, 1.807) is 17.8 Å². The standard InChI is InChI=1S/C12H12N2O2S/c13-7-8-3-1-2-4-9(8)11-14-10(12(15)16)5-6-17-11/h1-4,10-11,14H,5-6H2,(H,15,16). The predicted molar refractivity (Wildman–Crippen MR) is 65.5 cm³/mol. The van der Waals surface area contributed by atoms with Gasteiger partial charge in [-0.15, -0.1) is 11.8 Å². The van der Waals surface area contributed by atoms with Gasteiger partial charge in [0, 0.05) is 0 Å². The van der Waals surface area contributed by atoms with Gasteiger partial charge in [0.05, 0.1) is 17.0 Å². The van der Waals surface area contributed by atoms with Crippen molar-refractivity contribution < 1.29 is 9.90 Å². The molecule has 2 unspecified atom stereocenters. The Balaban J connectivity index is 2.22. The minimum absolute atomic E-state index is 0.110. The van der Waals surface area contributed by atoms with Crippen LogP contribution >= 0.6 is 11.8 Å². The molecule has 0 amide bonds. The number of nitriles is 1. The van der Waals surface area contributed by atoms with Crippen LogP contribution < -0.4 is 5.32 Å². The molecule has 1 aliphatic heterocycles. The second-order valence-electron chi connectivity index (χ2n) is 3.80. The minimum atomic E-state index is -0.829. The lowest BCUT2D eigenvalue weighted by atomic mass is 10.1.